The third-order valence-electron chi connectivity index (χ3n) is 2.01. The van der Waals surface area contributed by atoms with Crippen LogP contribution in [0.3, 0.4) is 0 Å². The highest BCUT2D eigenvalue weighted by atomic mass is 19.3. The van der Waals surface area contributed by atoms with E-state index in [1.807, 2.05) is 0 Å². The number of rotatable bonds is 3. The van der Waals surface area contributed by atoms with Gasteiger partial charge >= 0.3 is 0 Å². The quantitative estimate of drug-likeness (QED) is 0.662. The number of likely N-dealkylation sites (N-methyl/N-ethyl adjacent to an activating group) is 1. The van der Waals surface area contributed by atoms with Crippen molar-refractivity contribution < 1.29 is 18.6 Å². The number of aliphatic hydroxyl groups is 1. The van der Waals surface area contributed by atoms with Gasteiger partial charge in [0.15, 0.2) is 0 Å². The fourth-order valence-electron chi connectivity index (χ4n) is 1.31. The fraction of sp³-hybridized carbons (Fsp3) is 1.00. The number of halogens is 2. The van der Waals surface area contributed by atoms with Crippen molar-refractivity contribution in [2.45, 2.75) is 18.6 Å². The second-order valence-electron chi connectivity index (χ2n) is 3.00. The van der Waals surface area contributed by atoms with Crippen molar-refractivity contribution in [1.82, 2.24) is 4.90 Å². The molecule has 0 aliphatic carbocycles. The first-order chi connectivity index (χ1) is 5.61. The summed E-state index contributed by atoms with van der Waals surface area (Å²) in [5.74, 6) is 0. The predicted molar refractivity (Wildman–Crippen MR) is 39.2 cm³/mol. The first-order valence-electron chi connectivity index (χ1n) is 3.85. The van der Waals surface area contributed by atoms with Gasteiger partial charge in [-0.1, -0.05) is 0 Å². The molecule has 1 rings (SSSR count). The Hall–Kier alpha value is -0.260. The van der Waals surface area contributed by atoms with Crippen LogP contribution in [0.1, 0.15) is 0 Å². The molecule has 2 unspecified atom stereocenters. The molecule has 2 atom stereocenters. The van der Waals surface area contributed by atoms with Crippen molar-refractivity contribution >= 4 is 0 Å². The second-order valence-corrected chi connectivity index (χ2v) is 3.00. The van der Waals surface area contributed by atoms with Crippen LogP contribution in [0.25, 0.3) is 0 Å². The molecule has 0 aromatic rings. The van der Waals surface area contributed by atoms with Crippen molar-refractivity contribution in [2.75, 3.05) is 26.8 Å². The number of hydrogen-bond acceptors (Lipinski definition) is 3. The summed E-state index contributed by atoms with van der Waals surface area (Å²) in [5, 5.41) is 9.26. The summed E-state index contributed by atoms with van der Waals surface area (Å²) in [7, 11) is 1.56. The Bertz CT molecular complexity index is 145. The van der Waals surface area contributed by atoms with Crippen molar-refractivity contribution in [3.63, 3.8) is 0 Å². The van der Waals surface area contributed by atoms with Crippen molar-refractivity contribution in [3.05, 3.63) is 0 Å². The van der Waals surface area contributed by atoms with Crippen LogP contribution in [0.5, 0.6) is 0 Å². The predicted octanol–water partition coefficient (Wildman–Crippen LogP) is -0.0570. The highest BCUT2D eigenvalue weighted by Gasteiger charge is 2.30. The molecule has 0 amide bonds. The highest BCUT2D eigenvalue weighted by Crippen LogP contribution is 2.12. The second kappa shape index (κ2) is 4.11. The Balaban J connectivity index is 2.35. The molecule has 72 valence electrons. The Morgan fingerprint density at radius 2 is 2.25 bits per heavy atom. The van der Waals surface area contributed by atoms with E-state index >= 15 is 0 Å². The van der Waals surface area contributed by atoms with Gasteiger partial charge in [0.05, 0.1) is 31.9 Å². The molecule has 3 nitrogen and oxygen atoms in total. The minimum atomic E-state index is -2.36. The van der Waals surface area contributed by atoms with Gasteiger partial charge < -0.3 is 9.84 Å². The summed E-state index contributed by atoms with van der Waals surface area (Å²) in [5.41, 5.74) is 0. The van der Waals surface area contributed by atoms with Gasteiger partial charge in [-0.15, -0.1) is 0 Å². The molecule has 1 aliphatic rings. The lowest BCUT2D eigenvalue weighted by Gasteiger charge is -2.24. The molecule has 0 spiro atoms. The standard InChI is InChI=1S/C7H13F2NO2/c1-10(2-7(8)9)5-3-12-4-6(5)11/h5-7,11H,2-4H2,1H3. The molecule has 5 heteroatoms. The van der Waals surface area contributed by atoms with E-state index in [4.69, 9.17) is 4.74 Å². The minimum absolute atomic E-state index is 0.248. The van der Waals surface area contributed by atoms with Crippen LogP contribution in [0.15, 0.2) is 0 Å². The lowest BCUT2D eigenvalue weighted by Crippen LogP contribution is -2.42. The first kappa shape index (κ1) is 9.83. The Kier molecular flexibility index (Phi) is 3.37. The number of ether oxygens (including phenoxy) is 1. The molecular formula is C7H13F2NO2. The molecule has 0 aromatic heterocycles. The zero-order chi connectivity index (χ0) is 9.14. The van der Waals surface area contributed by atoms with Crippen LogP contribution in [0.4, 0.5) is 8.78 Å². The molecule has 1 heterocycles. The van der Waals surface area contributed by atoms with Gasteiger partial charge in [0.2, 0.25) is 0 Å². The summed E-state index contributed by atoms with van der Waals surface area (Å²) in [6, 6.07) is -0.279. The highest BCUT2D eigenvalue weighted by molar-refractivity contribution is 4.81. The summed E-state index contributed by atoms with van der Waals surface area (Å²) >= 11 is 0. The van der Waals surface area contributed by atoms with Gasteiger partial charge in [-0.05, 0) is 7.05 Å². The summed E-state index contributed by atoms with van der Waals surface area (Å²) < 4.78 is 28.7. The van der Waals surface area contributed by atoms with E-state index in [0.717, 1.165) is 0 Å². The zero-order valence-corrected chi connectivity index (χ0v) is 6.91. The Morgan fingerprint density at radius 1 is 1.58 bits per heavy atom. The molecule has 1 saturated heterocycles. The monoisotopic (exact) mass is 181 g/mol. The summed E-state index contributed by atoms with van der Waals surface area (Å²) in [4.78, 5) is 1.43. The van der Waals surface area contributed by atoms with E-state index in [-0.39, 0.29) is 19.2 Å². The van der Waals surface area contributed by atoms with E-state index < -0.39 is 12.5 Å². The molecule has 1 fully saturated rings. The number of alkyl halides is 2. The molecule has 1 N–H and O–H groups in total. The molecule has 0 aromatic carbocycles. The van der Waals surface area contributed by atoms with E-state index in [9.17, 15) is 13.9 Å². The molecular weight excluding hydrogens is 168 g/mol. The maximum Gasteiger partial charge on any atom is 0.251 e. The first-order valence-corrected chi connectivity index (χ1v) is 3.85. The smallest absolute Gasteiger partial charge is 0.251 e. The Morgan fingerprint density at radius 3 is 2.67 bits per heavy atom. The van der Waals surface area contributed by atoms with Crippen molar-refractivity contribution in [1.29, 1.82) is 0 Å². The third kappa shape index (κ3) is 2.36. The van der Waals surface area contributed by atoms with Gasteiger partial charge in [-0.25, -0.2) is 8.78 Å². The lowest BCUT2D eigenvalue weighted by molar-refractivity contribution is 0.0464. The molecule has 0 radical (unpaired) electrons. The maximum absolute atomic E-state index is 11.9. The van der Waals surface area contributed by atoms with Gasteiger partial charge in [0.25, 0.3) is 6.43 Å². The van der Waals surface area contributed by atoms with Crippen LogP contribution in [-0.4, -0.2) is 55.4 Å². The van der Waals surface area contributed by atoms with E-state index in [0.29, 0.717) is 6.61 Å². The Labute approximate surface area is 69.9 Å². The minimum Gasteiger partial charge on any atom is -0.389 e. The average Bonchev–Trinajstić information content (AvgIpc) is 2.33. The largest absolute Gasteiger partial charge is 0.389 e. The number of hydrogen-bond donors (Lipinski definition) is 1. The number of aliphatic hydroxyl groups excluding tert-OH is 1. The van der Waals surface area contributed by atoms with Crippen LogP contribution in [0.2, 0.25) is 0 Å². The third-order valence-corrected chi connectivity index (χ3v) is 2.01. The SMILES string of the molecule is CN(CC(F)F)C1COCC1O. The van der Waals surface area contributed by atoms with Gasteiger partial charge in [-0.3, -0.25) is 4.90 Å². The average molecular weight is 181 g/mol. The normalized spacial score (nSPS) is 30.5. The van der Waals surface area contributed by atoms with E-state index in [1.165, 1.54) is 4.90 Å². The zero-order valence-electron chi connectivity index (χ0n) is 6.91. The van der Waals surface area contributed by atoms with E-state index in [2.05, 4.69) is 0 Å². The van der Waals surface area contributed by atoms with Crippen molar-refractivity contribution in [3.8, 4) is 0 Å². The summed E-state index contributed by atoms with van der Waals surface area (Å²) in [6.07, 6.45) is -2.99. The molecule has 0 bridgehead atoms. The number of nitrogens with zero attached hydrogens (tertiary/aromatic N) is 1. The topological polar surface area (TPSA) is 32.7 Å². The lowest BCUT2D eigenvalue weighted by atomic mass is 10.2. The molecule has 0 saturated carbocycles. The van der Waals surface area contributed by atoms with Crippen LogP contribution < -0.4 is 0 Å². The fourth-order valence-corrected chi connectivity index (χ4v) is 1.31. The molecule has 1 aliphatic heterocycles. The van der Waals surface area contributed by atoms with E-state index in [1.54, 1.807) is 7.05 Å². The van der Waals surface area contributed by atoms with Gasteiger partial charge in [-0.2, -0.15) is 0 Å². The summed E-state index contributed by atoms with van der Waals surface area (Å²) in [6.45, 7) is 0.272. The maximum atomic E-state index is 11.9. The van der Waals surface area contributed by atoms with Crippen LogP contribution in [-0.2, 0) is 4.74 Å². The molecule has 12 heavy (non-hydrogen) atoms. The van der Waals surface area contributed by atoms with Crippen molar-refractivity contribution in [2.24, 2.45) is 0 Å². The van der Waals surface area contributed by atoms with Crippen LogP contribution in [0, 0.1) is 0 Å². The van der Waals surface area contributed by atoms with Crippen LogP contribution >= 0.6 is 0 Å². The van der Waals surface area contributed by atoms with Gasteiger partial charge in [0, 0.05) is 0 Å². The van der Waals surface area contributed by atoms with Gasteiger partial charge in [0.1, 0.15) is 0 Å².